The first-order valence-corrected chi connectivity index (χ1v) is 15.2. The van der Waals surface area contributed by atoms with Gasteiger partial charge in [0, 0.05) is 19.6 Å². The van der Waals surface area contributed by atoms with Crippen LogP contribution in [-0.2, 0) is 26.7 Å². The molecule has 3 N–H and O–H groups in total. The lowest BCUT2D eigenvalue weighted by Crippen LogP contribution is -2.39. The Morgan fingerprint density at radius 3 is 1.97 bits per heavy atom. The summed E-state index contributed by atoms with van der Waals surface area (Å²) < 4.78 is 55.8. The molecule has 0 amide bonds. The highest BCUT2D eigenvalue weighted by atomic mass is 32.2. The van der Waals surface area contributed by atoms with E-state index >= 15 is 0 Å². The highest BCUT2D eigenvalue weighted by molar-refractivity contribution is 7.90. The number of rotatable bonds is 13. The third kappa shape index (κ3) is 9.64. The topological polar surface area (TPSA) is 104 Å². The van der Waals surface area contributed by atoms with E-state index in [0.29, 0.717) is 43.8 Å². The lowest BCUT2D eigenvalue weighted by atomic mass is 9.74. The average molecular weight is 502 g/mol. The molecule has 190 valence electrons. The molecule has 1 aromatic rings. The predicted molar refractivity (Wildman–Crippen MR) is 136 cm³/mol. The molecule has 1 aliphatic carbocycles. The molecule has 0 radical (unpaired) electrons. The molecule has 7 nitrogen and oxygen atoms in total. The molecule has 0 bridgehead atoms. The summed E-state index contributed by atoms with van der Waals surface area (Å²) in [5.41, 5.74) is 2.45. The van der Waals surface area contributed by atoms with Crippen molar-refractivity contribution in [1.82, 2.24) is 14.2 Å². The maximum absolute atomic E-state index is 12.0. The number of hydrogen-bond donors (Lipinski definition) is 3. The van der Waals surface area contributed by atoms with Gasteiger partial charge < -0.3 is 0 Å². The largest absolute Gasteiger partial charge is 0.276 e. The molecule has 33 heavy (non-hydrogen) atoms. The standard InChI is InChI=1S/C24H43N3O4S2/c1-18(2)16-27-33(30,31)25-15-14-21-6-8-23(9-7-21)24-12-10-22(11-13-24)20(5)17-26-32(28,29)19(3)4/h6-9,18-20,22,24-27H,10-17H2,1-5H3. The normalized spacial score (nSPS) is 20.9. The zero-order valence-corrected chi connectivity index (χ0v) is 22.4. The van der Waals surface area contributed by atoms with Gasteiger partial charge in [0.1, 0.15) is 0 Å². The van der Waals surface area contributed by atoms with Crippen molar-refractivity contribution in [3.05, 3.63) is 35.4 Å². The van der Waals surface area contributed by atoms with Gasteiger partial charge in [0.15, 0.2) is 0 Å². The Morgan fingerprint density at radius 2 is 1.42 bits per heavy atom. The number of sulfonamides is 1. The van der Waals surface area contributed by atoms with Crippen molar-refractivity contribution in [3.8, 4) is 0 Å². The molecule has 1 aromatic carbocycles. The molecule has 9 heteroatoms. The first-order valence-electron chi connectivity index (χ1n) is 12.2. The highest BCUT2D eigenvalue weighted by Gasteiger charge is 2.27. The van der Waals surface area contributed by atoms with Crippen molar-refractivity contribution in [2.24, 2.45) is 17.8 Å². The Hall–Kier alpha value is -1.00. The third-order valence-electron chi connectivity index (χ3n) is 6.64. The molecular weight excluding hydrogens is 458 g/mol. The predicted octanol–water partition coefficient (Wildman–Crippen LogP) is 3.55. The smallest absolute Gasteiger partial charge is 0.215 e. The molecule has 0 aliphatic heterocycles. The fourth-order valence-electron chi connectivity index (χ4n) is 4.22. The van der Waals surface area contributed by atoms with Crippen LogP contribution in [-0.4, -0.2) is 41.7 Å². The van der Waals surface area contributed by atoms with Gasteiger partial charge in [0.2, 0.25) is 10.0 Å². The van der Waals surface area contributed by atoms with E-state index in [1.54, 1.807) is 13.8 Å². The van der Waals surface area contributed by atoms with Crippen LogP contribution in [0.1, 0.15) is 77.3 Å². The molecular formula is C24H43N3O4S2. The highest BCUT2D eigenvalue weighted by Crippen LogP contribution is 2.38. The van der Waals surface area contributed by atoms with Crippen LogP contribution in [0.2, 0.25) is 0 Å². The molecule has 1 saturated carbocycles. The summed E-state index contributed by atoms with van der Waals surface area (Å²) in [4.78, 5) is 0. The van der Waals surface area contributed by atoms with Crippen LogP contribution in [0.5, 0.6) is 0 Å². The number of nitrogens with one attached hydrogen (secondary N) is 3. The monoisotopic (exact) mass is 501 g/mol. The van der Waals surface area contributed by atoms with E-state index in [-0.39, 0.29) is 5.92 Å². The molecule has 0 heterocycles. The van der Waals surface area contributed by atoms with E-state index in [1.807, 2.05) is 13.8 Å². The van der Waals surface area contributed by atoms with Crippen molar-refractivity contribution in [2.45, 2.75) is 77.9 Å². The van der Waals surface area contributed by atoms with E-state index in [0.717, 1.165) is 31.2 Å². The molecule has 1 fully saturated rings. The average Bonchev–Trinajstić information content (AvgIpc) is 2.76. The SMILES string of the molecule is CC(C)CNS(=O)(=O)NCCc1ccc(C2CCC(C(C)CNS(=O)(=O)C(C)C)CC2)cc1. The second-order valence-corrected chi connectivity index (χ2v) is 14.1. The quantitative estimate of drug-likeness (QED) is 0.384. The van der Waals surface area contributed by atoms with Gasteiger partial charge in [-0.15, -0.1) is 0 Å². The minimum Gasteiger partial charge on any atom is -0.215 e. The van der Waals surface area contributed by atoms with E-state index in [1.165, 1.54) is 5.56 Å². The second-order valence-electron chi connectivity index (χ2n) is 10.2. The Kier molecular flexibility index (Phi) is 10.8. The summed E-state index contributed by atoms with van der Waals surface area (Å²) in [6.07, 6.45) is 5.11. The summed E-state index contributed by atoms with van der Waals surface area (Å²) in [7, 11) is -6.64. The summed E-state index contributed by atoms with van der Waals surface area (Å²) in [5, 5.41) is -0.398. The molecule has 1 atom stereocenters. The van der Waals surface area contributed by atoms with Gasteiger partial charge in [0.05, 0.1) is 5.25 Å². The summed E-state index contributed by atoms with van der Waals surface area (Å²) in [5.74, 6) is 1.69. The van der Waals surface area contributed by atoms with Crippen LogP contribution in [0.4, 0.5) is 0 Å². The van der Waals surface area contributed by atoms with E-state index < -0.39 is 25.5 Å². The van der Waals surface area contributed by atoms with Crippen LogP contribution in [0.3, 0.4) is 0 Å². The number of benzene rings is 1. The molecule has 0 aromatic heterocycles. The van der Waals surface area contributed by atoms with Crippen molar-refractivity contribution in [3.63, 3.8) is 0 Å². The molecule has 2 rings (SSSR count). The first-order chi connectivity index (χ1) is 15.4. The lowest BCUT2D eigenvalue weighted by molar-refractivity contribution is 0.246. The molecule has 0 saturated heterocycles. The van der Waals surface area contributed by atoms with Crippen LogP contribution in [0.25, 0.3) is 0 Å². The van der Waals surface area contributed by atoms with E-state index in [2.05, 4.69) is 45.4 Å². The van der Waals surface area contributed by atoms with Gasteiger partial charge in [-0.3, -0.25) is 0 Å². The van der Waals surface area contributed by atoms with Gasteiger partial charge in [0.25, 0.3) is 10.2 Å². The van der Waals surface area contributed by atoms with Gasteiger partial charge in [-0.25, -0.2) is 22.6 Å². The van der Waals surface area contributed by atoms with Crippen molar-refractivity contribution < 1.29 is 16.8 Å². The molecule has 0 spiro atoms. The Labute approximate surface area is 201 Å². The van der Waals surface area contributed by atoms with E-state index in [4.69, 9.17) is 0 Å². The maximum atomic E-state index is 12.0. The second kappa shape index (κ2) is 12.6. The zero-order valence-electron chi connectivity index (χ0n) is 20.8. The van der Waals surface area contributed by atoms with Gasteiger partial charge in [-0.05, 0) is 80.8 Å². The zero-order chi connectivity index (χ0) is 24.6. The van der Waals surface area contributed by atoms with Gasteiger partial charge in [-0.2, -0.15) is 8.42 Å². The Balaban J connectivity index is 1.76. The van der Waals surface area contributed by atoms with Crippen molar-refractivity contribution in [2.75, 3.05) is 19.6 Å². The van der Waals surface area contributed by atoms with Crippen LogP contribution >= 0.6 is 0 Å². The minimum absolute atomic E-state index is 0.269. The minimum atomic E-state index is -3.44. The fraction of sp³-hybridized carbons (Fsp3) is 0.750. The van der Waals surface area contributed by atoms with Gasteiger partial charge in [-0.1, -0.05) is 45.0 Å². The fourth-order valence-corrected chi connectivity index (χ4v) is 6.07. The first kappa shape index (κ1) is 28.2. The Morgan fingerprint density at radius 1 is 0.818 bits per heavy atom. The number of hydrogen-bond acceptors (Lipinski definition) is 4. The van der Waals surface area contributed by atoms with Crippen LogP contribution < -0.4 is 14.2 Å². The molecule has 1 unspecified atom stereocenters. The van der Waals surface area contributed by atoms with E-state index in [9.17, 15) is 16.8 Å². The lowest BCUT2D eigenvalue weighted by Gasteiger charge is -2.32. The van der Waals surface area contributed by atoms with Crippen LogP contribution in [0.15, 0.2) is 24.3 Å². The summed E-state index contributed by atoms with van der Waals surface area (Å²) in [6.45, 7) is 10.8. The van der Waals surface area contributed by atoms with Crippen molar-refractivity contribution >= 4 is 20.2 Å². The summed E-state index contributed by atoms with van der Waals surface area (Å²) >= 11 is 0. The van der Waals surface area contributed by atoms with Gasteiger partial charge >= 0.3 is 0 Å². The molecule has 1 aliphatic rings. The summed E-state index contributed by atoms with van der Waals surface area (Å²) in [6, 6.07) is 8.54. The van der Waals surface area contributed by atoms with Crippen LogP contribution in [0, 0.1) is 17.8 Å². The van der Waals surface area contributed by atoms with Crippen molar-refractivity contribution in [1.29, 1.82) is 0 Å². The third-order valence-corrected chi connectivity index (χ3v) is 9.58. The maximum Gasteiger partial charge on any atom is 0.276 e. The Bertz CT molecular complexity index is 921.